The van der Waals surface area contributed by atoms with E-state index in [2.05, 4.69) is 10.3 Å². The van der Waals surface area contributed by atoms with E-state index in [1.807, 2.05) is 30.3 Å². The molecule has 2 N–H and O–H groups in total. The van der Waals surface area contributed by atoms with Crippen LogP contribution >= 0.6 is 22.9 Å². The maximum absolute atomic E-state index is 12.4. The van der Waals surface area contributed by atoms with Gasteiger partial charge in [0.15, 0.2) is 12.2 Å². The summed E-state index contributed by atoms with van der Waals surface area (Å²) in [6.07, 6.45) is 3.02. The molecule has 1 saturated heterocycles. The van der Waals surface area contributed by atoms with Crippen LogP contribution in [-0.2, 0) is 15.6 Å². The van der Waals surface area contributed by atoms with E-state index in [4.69, 9.17) is 21.4 Å². The second-order valence-electron chi connectivity index (χ2n) is 6.76. The lowest BCUT2D eigenvalue weighted by Gasteiger charge is -2.39. The van der Waals surface area contributed by atoms with Crippen molar-refractivity contribution in [2.45, 2.75) is 12.5 Å². The summed E-state index contributed by atoms with van der Waals surface area (Å²) in [6.45, 7) is 1.75. The van der Waals surface area contributed by atoms with E-state index >= 15 is 0 Å². The molecule has 0 unspecified atom stereocenters. The summed E-state index contributed by atoms with van der Waals surface area (Å²) in [5.74, 6) is 0.303. The fourth-order valence-corrected chi connectivity index (χ4v) is 6.37. The van der Waals surface area contributed by atoms with Crippen molar-refractivity contribution in [2.75, 3.05) is 12.8 Å². The van der Waals surface area contributed by atoms with Gasteiger partial charge in [0.1, 0.15) is 0 Å². The van der Waals surface area contributed by atoms with Gasteiger partial charge in [-0.25, -0.2) is 17.7 Å². The molecule has 146 valence electrons. The number of nitrogens with one attached hydrogen (secondary N) is 2. The predicted molar refractivity (Wildman–Crippen MR) is 110 cm³/mol. The molecule has 10 heteroatoms. The minimum Gasteiger partial charge on any atom is -0.444 e. The lowest BCUT2D eigenvalue weighted by molar-refractivity contribution is 0.424. The van der Waals surface area contributed by atoms with Gasteiger partial charge in [-0.3, -0.25) is 5.41 Å². The topological polar surface area (TPSA) is 99.3 Å². The zero-order valence-corrected chi connectivity index (χ0v) is 17.5. The van der Waals surface area contributed by atoms with Crippen LogP contribution < -0.4 is 5.32 Å². The standard InChI is InChI=1S/C18H17ClN4O3S2/c1-18(9-28(24,25)23(2)17(20)22-18)16-13(19)7-15(27-16)12-5-3-4-11(6-12)14-8-21-10-26-14/h3-8,10H,9H2,1-2H3,(H2,20,22)/t18-/m0/s1. The third-order valence-electron chi connectivity index (χ3n) is 4.65. The smallest absolute Gasteiger partial charge is 0.239 e. The van der Waals surface area contributed by atoms with Gasteiger partial charge < -0.3 is 9.73 Å². The maximum Gasteiger partial charge on any atom is 0.239 e. The van der Waals surface area contributed by atoms with E-state index in [9.17, 15) is 8.42 Å². The molecule has 2 aromatic heterocycles. The molecule has 7 nitrogen and oxygen atoms in total. The number of halogens is 1. The molecule has 1 aromatic carbocycles. The first-order valence-corrected chi connectivity index (χ1v) is 11.1. The monoisotopic (exact) mass is 436 g/mol. The minimum absolute atomic E-state index is 0.174. The van der Waals surface area contributed by atoms with Crippen molar-refractivity contribution in [3.8, 4) is 21.8 Å². The van der Waals surface area contributed by atoms with Gasteiger partial charge in [0.05, 0.1) is 27.4 Å². The number of rotatable bonds is 3. The van der Waals surface area contributed by atoms with Gasteiger partial charge in [-0.1, -0.05) is 29.8 Å². The number of sulfonamides is 1. The molecule has 1 aliphatic heterocycles. The van der Waals surface area contributed by atoms with Crippen LogP contribution in [0.25, 0.3) is 21.8 Å². The van der Waals surface area contributed by atoms with E-state index < -0.39 is 15.6 Å². The van der Waals surface area contributed by atoms with Gasteiger partial charge in [-0.05, 0) is 24.6 Å². The van der Waals surface area contributed by atoms with E-state index in [0.717, 1.165) is 20.3 Å². The molecule has 4 rings (SSSR count). The molecule has 0 spiro atoms. The van der Waals surface area contributed by atoms with Gasteiger partial charge >= 0.3 is 0 Å². The van der Waals surface area contributed by atoms with Crippen LogP contribution in [0.1, 0.15) is 11.8 Å². The van der Waals surface area contributed by atoms with Crippen molar-refractivity contribution >= 4 is 38.9 Å². The second-order valence-corrected chi connectivity index (χ2v) is 10.2. The molecule has 3 aromatic rings. The van der Waals surface area contributed by atoms with Crippen LogP contribution in [0.3, 0.4) is 0 Å². The molecule has 28 heavy (non-hydrogen) atoms. The lowest BCUT2D eigenvalue weighted by Crippen LogP contribution is -2.60. The van der Waals surface area contributed by atoms with Gasteiger partial charge in [-0.2, -0.15) is 0 Å². The largest absolute Gasteiger partial charge is 0.444 e. The zero-order chi connectivity index (χ0) is 20.1. The third-order valence-corrected chi connectivity index (χ3v) is 8.47. The third kappa shape index (κ3) is 3.19. The molecular weight excluding hydrogens is 420 g/mol. The fraction of sp³-hybridized carbons (Fsp3) is 0.222. The van der Waals surface area contributed by atoms with Crippen molar-refractivity contribution in [2.24, 2.45) is 0 Å². The highest BCUT2D eigenvalue weighted by atomic mass is 35.5. The Hall–Kier alpha value is -2.36. The SMILES string of the molecule is CN1C(=N)N[C@](C)(c2sc(-c3cccc(-c4cnco4)c3)cc2Cl)CS1(=O)=O. The number of benzene rings is 1. The summed E-state index contributed by atoms with van der Waals surface area (Å²) in [7, 11) is -2.24. The second kappa shape index (κ2) is 6.61. The van der Waals surface area contributed by atoms with Crippen LogP contribution in [0.4, 0.5) is 0 Å². The van der Waals surface area contributed by atoms with Crippen molar-refractivity contribution in [1.29, 1.82) is 5.41 Å². The number of aromatic nitrogens is 1. The van der Waals surface area contributed by atoms with Gasteiger partial charge in [0, 0.05) is 17.5 Å². The molecule has 0 radical (unpaired) electrons. The van der Waals surface area contributed by atoms with E-state index in [1.54, 1.807) is 13.1 Å². The summed E-state index contributed by atoms with van der Waals surface area (Å²) in [6, 6.07) is 9.58. The fourth-order valence-electron chi connectivity index (χ4n) is 3.17. The van der Waals surface area contributed by atoms with Crippen molar-refractivity contribution in [3.05, 3.63) is 52.8 Å². The first kappa shape index (κ1) is 19.0. The summed E-state index contributed by atoms with van der Waals surface area (Å²) in [5, 5.41) is 11.4. The van der Waals surface area contributed by atoms with E-state index in [1.165, 1.54) is 24.8 Å². The van der Waals surface area contributed by atoms with Crippen molar-refractivity contribution in [3.63, 3.8) is 0 Å². The normalized spacial score (nSPS) is 21.5. The first-order chi connectivity index (χ1) is 13.2. The number of hydrogen-bond donors (Lipinski definition) is 2. The summed E-state index contributed by atoms with van der Waals surface area (Å²) in [5.41, 5.74) is 0.834. The van der Waals surface area contributed by atoms with Crippen LogP contribution in [0.15, 0.2) is 47.3 Å². The molecule has 1 atom stereocenters. The molecule has 0 aliphatic carbocycles. The van der Waals surface area contributed by atoms with Crippen molar-refractivity contribution < 1.29 is 12.8 Å². The van der Waals surface area contributed by atoms with Crippen LogP contribution in [0, 0.1) is 5.41 Å². The van der Waals surface area contributed by atoms with Gasteiger partial charge in [0.2, 0.25) is 16.0 Å². The molecule has 3 heterocycles. The number of guanidine groups is 1. The average Bonchev–Trinajstić information content (AvgIpc) is 3.29. The van der Waals surface area contributed by atoms with Crippen LogP contribution in [0.5, 0.6) is 0 Å². The van der Waals surface area contributed by atoms with Gasteiger partial charge in [0.25, 0.3) is 0 Å². The average molecular weight is 437 g/mol. The predicted octanol–water partition coefficient (Wildman–Crippen LogP) is 3.74. The molecule has 0 saturated carbocycles. The molecule has 0 amide bonds. The van der Waals surface area contributed by atoms with Gasteiger partial charge in [-0.15, -0.1) is 11.3 Å². The Balaban J connectivity index is 1.74. The number of thiophene rings is 1. The Labute approximate surface area is 171 Å². The minimum atomic E-state index is -3.60. The Morgan fingerprint density at radius 2 is 2.11 bits per heavy atom. The lowest BCUT2D eigenvalue weighted by atomic mass is 10.0. The Kier molecular flexibility index (Phi) is 4.48. The zero-order valence-electron chi connectivity index (χ0n) is 15.1. The maximum atomic E-state index is 12.4. The van der Waals surface area contributed by atoms with Crippen molar-refractivity contribution in [1.82, 2.24) is 14.6 Å². The summed E-state index contributed by atoms with van der Waals surface area (Å²) in [4.78, 5) is 5.51. The Morgan fingerprint density at radius 3 is 2.79 bits per heavy atom. The molecule has 0 bridgehead atoms. The summed E-state index contributed by atoms with van der Waals surface area (Å²) >= 11 is 7.90. The summed E-state index contributed by atoms with van der Waals surface area (Å²) < 4.78 is 31.2. The highest BCUT2D eigenvalue weighted by molar-refractivity contribution is 7.89. The number of nitrogens with zero attached hydrogens (tertiary/aromatic N) is 2. The van der Waals surface area contributed by atoms with E-state index in [-0.39, 0.29) is 11.7 Å². The Morgan fingerprint density at radius 1 is 1.36 bits per heavy atom. The quantitative estimate of drug-likeness (QED) is 0.651. The van der Waals surface area contributed by atoms with E-state index in [0.29, 0.717) is 15.7 Å². The Bertz CT molecular complexity index is 1160. The molecule has 1 aliphatic rings. The molecule has 1 fully saturated rings. The highest BCUT2D eigenvalue weighted by Gasteiger charge is 2.44. The first-order valence-electron chi connectivity index (χ1n) is 8.32. The molecular formula is C18H17ClN4O3S2. The van der Waals surface area contributed by atoms with Crippen LogP contribution in [-0.4, -0.2) is 36.5 Å². The number of hydrogen-bond acceptors (Lipinski definition) is 6. The van der Waals surface area contributed by atoms with Crippen LogP contribution in [0.2, 0.25) is 5.02 Å². The highest BCUT2D eigenvalue weighted by Crippen LogP contribution is 2.42. The number of oxazole rings is 1.